The largest absolute Gasteiger partial charge is 0.489 e. The van der Waals surface area contributed by atoms with E-state index in [1.54, 1.807) is 0 Å². The van der Waals surface area contributed by atoms with E-state index in [4.69, 9.17) is 16.3 Å². The lowest BCUT2D eigenvalue weighted by atomic mass is 10.1. The fraction of sp³-hybridized carbons (Fsp3) is 0.409. The van der Waals surface area contributed by atoms with Crippen molar-refractivity contribution in [3.05, 3.63) is 64.7 Å². The van der Waals surface area contributed by atoms with Crippen LogP contribution in [0.15, 0.2) is 48.5 Å². The maximum atomic E-state index is 12.9. The molecule has 2 aromatic carbocycles. The van der Waals surface area contributed by atoms with Crippen molar-refractivity contribution >= 4 is 17.5 Å². The summed E-state index contributed by atoms with van der Waals surface area (Å²) in [6, 6.07) is 15.0. The van der Waals surface area contributed by atoms with Crippen molar-refractivity contribution in [2.45, 2.75) is 34.3 Å². The number of benzene rings is 2. The number of halogens is 1. The molecule has 140 valence electrons. The highest BCUT2D eigenvalue weighted by Crippen LogP contribution is 2.18. The predicted molar refractivity (Wildman–Crippen MR) is 108 cm³/mol. The molecule has 0 N–H and O–H groups in total. The highest BCUT2D eigenvalue weighted by molar-refractivity contribution is 6.30. The summed E-state index contributed by atoms with van der Waals surface area (Å²) >= 11 is 5.90. The normalized spacial score (nSPS) is 11.0. The molecular weight excluding hydrogens is 346 g/mol. The second-order valence-electron chi connectivity index (χ2n) is 7.44. The lowest BCUT2D eigenvalue weighted by Gasteiger charge is -2.26. The summed E-state index contributed by atoms with van der Waals surface area (Å²) in [4.78, 5) is 14.9. The molecule has 0 fully saturated rings. The first-order valence-corrected chi connectivity index (χ1v) is 9.49. The van der Waals surface area contributed by atoms with Crippen LogP contribution in [0.2, 0.25) is 5.02 Å². The third-order valence-electron chi connectivity index (χ3n) is 3.86. The molecule has 0 aromatic heterocycles. The molecule has 26 heavy (non-hydrogen) atoms. The van der Waals surface area contributed by atoms with Crippen LogP contribution in [0.3, 0.4) is 0 Å². The average molecular weight is 374 g/mol. The van der Waals surface area contributed by atoms with Crippen molar-refractivity contribution in [3.63, 3.8) is 0 Å². The van der Waals surface area contributed by atoms with Gasteiger partial charge in [0.15, 0.2) is 0 Å². The first kappa shape index (κ1) is 20.3. The first-order valence-electron chi connectivity index (χ1n) is 9.11. The second-order valence-corrected chi connectivity index (χ2v) is 7.88. The van der Waals surface area contributed by atoms with Crippen molar-refractivity contribution in [1.82, 2.24) is 4.90 Å². The minimum absolute atomic E-state index is 0.0596. The molecule has 0 saturated carbocycles. The quantitative estimate of drug-likeness (QED) is 0.596. The summed E-state index contributed by atoms with van der Waals surface area (Å²) in [6.45, 7) is 10.5. The standard InChI is InChI=1S/C22H28ClNO2/c1-16(2)13-24(14-17(3)4)22(25)19-6-5-7-21(12-19)26-15-18-8-10-20(23)11-9-18/h5-12,16-17H,13-15H2,1-4H3. The maximum Gasteiger partial charge on any atom is 0.254 e. The SMILES string of the molecule is CC(C)CN(CC(C)C)C(=O)c1cccc(OCc2ccc(Cl)cc2)c1. The molecular formula is C22H28ClNO2. The molecule has 0 aliphatic rings. The Bertz CT molecular complexity index is 700. The Hall–Kier alpha value is -2.00. The summed E-state index contributed by atoms with van der Waals surface area (Å²) < 4.78 is 5.85. The molecule has 0 unspecified atom stereocenters. The molecule has 4 heteroatoms. The molecule has 0 spiro atoms. The van der Waals surface area contributed by atoms with Crippen molar-refractivity contribution in [1.29, 1.82) is 0 Å². The van der Waals surface area contributed by atoms with Crippen LogP contribution in [0.4, 0.5) is 0 Å². The summed E-state index contributed by atoms with van der Waals surface area (Å²) in [6.07, 6.45) is 0. The van der Waals surface area contributed by atoms with E-state index < -0.39 is 0 Å². The van der Waals surface area contributed by atoms with E-state index in [1.165, 1.54) is 0 Å². The van der Waals surface area contributed by atoms with Crippen molar-refractivity contribution in [2.24, 2.45) is 11.8 Å². The first-order chi connectivity index (χ1) is 12.3. The van der Waals surface area contributed by atoms with Crippen LogP contribution < -0.4 is 4.74 Å². The summed E-state index contributed by atoms with van der Waals surface area (Å²) in [7, 11) is 0. The lowest BCUT2D eigenvalue weighted by molar-refractivity contribution is 0.0714. The molecule has 0 radical (unpaired) electrons. The van der Waals surface area contributed by atoms with Crippen LogP contribution in [0.5, 0.6) is 5.75 Å². The zero-order valence-electron chi connectivity index (χ0n) is 16.0. The summed E-state index contributed by atoms with van der Waals surface area (Å²) in [5, 5.41) is 0.705. The van der Waals surface area contributed by atoms with E-state index in [2.05, 4.69) is 27.7 Å². The second kappa shape index (κ2) is 9.63. The molecule has 0 bridgehead atoms. The Balaban J connectivity index is 2.08. The van der Waals surface area contributed by atoms with Gasteiger partial charge in [0.1, 0.15) is 12.4 Å². The Morgan fingerprint density at radius 2 is 1.62 bits per heavy atom. The molecule has 3 nitrogen and oxygen atoms in total. The van der Waals surface area contributed by atoms with Crippen LogP contribution in [0.25, 0.3) is 0 Å². The van der Waals surface area contributed by atoms with Crippen molar-refractivity contribution in [3.8, 4) is 5.75 Å². The minimum atomic E-state index is 0.0596. The Morgan fingerprint density at radius 1 is 1.00 bits per heavy atom. The lowest BCUT2D eigenvalue weighted by Crippen LogP contribution is -2.37. The van der Waals surface area contributed by atoms with Gasteiger partial charge >= 0.3 is 0 Å². The fourth-order valence-corrected chi connectivity index (χ4v) is 2.90. The van der Waals surface area contributed by atoms with Crippen molar-refractivity contribution in [2.75, 3.05) is 13.1 Å². The molecule has 0 aliphatic carbocycles. The van der Waals surface area contributed by atoms with Crippen LogP contribution in [-0.2, 0) is 6.61 Å². The van der Waals surface area contributed by atoms with E-state index in [9.17, 15) is 4.79 Å². The number of ether oxygens (including phenoxy) is 1. The zero-order valence-corrected chi connectivity index (χ0v) is 16.8. The Labute approximate surface area is 161 Å². The van der Waals surface area contributed by atoms with Gasteiger partial charge in [-0.1, -0.05) is 57.5 Å². The average Bonchev–Trinajstić information content (AvgIpc) is 2.59. The Morgan fingerprint density at radius 3 is 2.19 bits per heavy atom. The number of carbonyl (C=O) groups is 1. The van der Waals surface area contributed by atoms with E-state index in [0.717, 1.165) is 18.7 Å². The van der Waals surface area contributed by atoms with E-state index >= 15 is 0 Å². The number of amides is 1. The molecule has 1 amide bonds. The smallest absolute Gasteiger partial charge is 0.254 e. The van der Waals surface area contributed by atoms with Gasteiger partial charge in [0, 0.05) is 23.7 Å². The van der Waals surface area contributed by atoms with Crippen LogP contribution >= 0.6 is 11.6 Å². The van der Waals surface area contributed by atoms with Gasteiger partial charge in [0.05, 0.1) is 0 Å². The van der Waals surface area contributed by atoms with E-state index in [1.807, 2.05) is 53.4 Å². The highest BCUT2D eigenvalue weighted by Gasteiger charge is 2.18. The third kappa shape index (κ3) is 6.38. The van der Waals surface area contributed by atoms with Gasteiger partial charge in [0.2, 0.25) is 0 Å². The molecule has 2 rings (SSSR count). The number of hydrogen-bond acceptors (Lipinski definition) is 2. The van der Waals surface area contributed by atoms with Crippen LogP contribution in [0, 0.1) is 11.8 Å². The Kier molecular flexibility index (Phi) is 7.52. The molecule has 0 aliphatic heterocycles. The maximum absolute atomic E-state index is 12.9. The van der Waals surface area contributed by atoms with E-state index in [-0.39, 0.29) is 5.91 Å². The number of carbonyl (C=O) groups excluding carboxylic acids is 1. The molecule has 0 saturated heterocycles. The topological polar surface area (TPSA) is 29.5 Å². The van der Waals surface area contributed by atoms with Crippen molar-refractivity contribution < 1.29 is 9.53 Å². The third-order valence-corrected chi connectivity index (χ3v) is 4.11. The summed E-state index contributed by atoms with van der Waals surface area (Å²) in [5.74, 6) is 1.62. The van der Waals surface area contributed by atoms with Gasteiger partial charge in [-0.05, 0) is 47.7 Å². The van der Waals surface area contributed by atoms with Gasteiger partial charge in [-0.3, -0.25) is 4.79 Å². The van der Waals surface area contributed by atoms with Crippen LogP contribution in [-0.4, -0.2) is 23.9 Å². The fourth-order valence-electron chi connectivity index (χ4n) is 2.77. The predicted octanol–water partition coefficient (Wildman–Crippen LogP) is 5.67. The summed E-state index contributed by atoms with van der Waals surface area (Å²) in [5.41, 5.74) is 1.70. The van der Waals surface area contributed by atoms with Gasteiger partial charge in [0.25, 0.3) is 5.91 Å². The minimum Gasteiger partial charge on any atom is -0.489 e. The van der Waals surface area contributed by atoms with Gasteiger partial charge in [-0.15, -0.1) is 0 Å². The number of nitrogens with zero attached hydrogens (tertiary/aromatic N) is 1. The van der Waals surface area contributed by atoms with Gasteiger partial charge in [-0.2, -0.15) is 0 Å². The number of rotatable bonds is 8. The van der Waals surface area contributed by atoms with Gasteiger partial charge < -0.3 is 9.64 Å². The van der Waals surface area contributed by atoms with Gasteiger partial charge in [-0.25, -0.2) is 0 Å². The monoisotopic (exact) mass is 373 g/mol. The highest BCUT2D eigenvalue weighted by atomic mass is 35.5. The zero-order chi connectivity index (χ0) is 19.1. The molecule has 0 heterocycles. The molecule has 0 atom stereocenters. The molecule has 2 aromatic rings. The van der Waals surface area contributed by atoms with E-state index in [0.29, 0.717) is 34.8 Å². The van der Waals surface area contributed by atoms with Crippen LogP contribution in [0.1, 0.15) is 43.6 Å². The number of hydrogen-bond donors (Lipinski definition) is 0.